The maximum Gasteiger partial charge on any atom is 0.255 e. The molecular formula is C11H16N2O2. The second-order valence-electron chi connectivity index (χ2n) is 3.39. The van der Waals surface area contributed by atoms with Gasteiger partial charge in [-0.2, -0.15) is 0 Å². The molecule has 0 aliphatic heterocycles. The normalized spacial score (nSPS) is 9.93. The molecule has 15 heavy (non-hydrogen) atoms. The minimum absolute atomic E-state index is 0.0433. The van der Waals surface area contributed by atoms with Gasteiger partial charge in [0.2, 0.25) is 0 Å². The number of carbonyl (C=O) groups excluding carboxylic acids is 1. The van der Waals surface area contributed by atoms with Crippen LogP contribution in [0.4, 0.5) is 5.69 Å². The smallest absolute Gasteiger partial charge is 0.255 e. The minimum atomic E-state index is -0.284. The molecule has 0 fully saturated rings. The van der Waals surface area contributed by atoms with Crippen molar-refractivity contribution in [2.75, 3.05) is 12.3 Å². The van der Waals surface area contributed by atoms with E-state index in [2.05, 4.69) is 5.32 Å². The van der Waals surface area contributed by atoms with Gasteiger partial charge in [0.15, 0.2) is 0 Å². The first kappa shape index (κ1) is 11.4. The molecule has 4 nitrogen and oxygen atoms in total. The standard InChI is InChI=1S/C11H16N2O2/c1-2-3-6-13-11(15)9-7-8(12)4-5-10(9)14/h4-5,7,14H,2-3,6,12H2,1H3,(H,13,15). The van der Waals surface area contributed by atoms with Gasteiger partial charge in [0.25, 0.3) is 5.91 Å². The van der Waals surface area contributed by atoms with Crippen molar-refractivity contribution in [2.45, 2.75) is 19.8 Å². The van der Waals surface area contributed by atoms with Crippen molar-refractivity contribution in [3.63, 3.8) is 0 Å². The molecule has 0 unspecified atom stereocenters. The predicted molar refractivity (Wildman–Crippen MR) is 59.8 cm³/mol. The Morgan fingerprint density at radius 3 is 2.93 bits per heavy atom. The molecule has 0 atom stereocenters. The van der Waals surface area contributed by atoms with E-state index in [1.807, 2.05) is 6.92 Å². The summed E-state index contributed by atoms with van der Waals surface area (Å²) in [6.45, 7) is 2.66. The number of anilines is 1. The van der Waals surface area contributed by atoms with Crippen LogP contribution in [-0.2, 0) is 0 Å². The van der Waals surface area contributed by atoms with Crippen molar-refractivity contribution in [2.24, 2.45) is 0 Å². The average Bonchev–Trinajstić information content (AvgIpc) is 2.22. The highest BCUT2D eigenvalue weighted by molar-refractivity contribution is 5.97. The number of nitrogen functional groups attached to an aromatic ring is 1. The van der Waals surface area contributed by atoms with Gasteiger partial charge in [-0.3, -0.25) is 4.79 Å². The van der Waals surface area contributed by atoms with E-state index >= 15 is 0 Å². The molecule has 0 aliphatic carbocycles. The largest absolute Gasteiger partial charge is 0.507 e. The SMILES string of the molecule is CCCCNC(=O)c1cc(N)ccc1O. The molecule has 0 spiro atoms. The van der Waals surface area contributed by atoms with Gasteiger partial charge < -0.3 is 16.2 Å². The highest BCUT2D eigenvalue weighted by Gasteiger charge is 2.10. The summed E-state index contributed by atoms with van der Waals surface area (Å²) in [4.78, 5) is 11.6. The lowest BCUT2D eigenvalue weighted by atomic mass is 10.1. The Kier molecular flexibility index (Phi) is 3.97. The molecule has 0 aliphatic rings. The molecule has 0 saturated carbocycles. The summed E-state index contributed by atoms with van der Waals surface area (Å²) < 4.78 is 0. The van der Waals surface area contributed by atoms with E-state index in [1.54, 1.807) is 6.07 Å². The first-order valence-electron chi connectivity index (χ1n) is 5.02. The van der Waals surface area contributed by atoms with Gasteiger partial charge in [-0.15, -0.1) is 0 Å². The molecule has 0 radical (unpaired) electrons. The summed E-state index contributed by atoms with van der Waals surface area (Å²) >= 11 is 0. The number of unbranched alkanes of at least 4 members (excludes halogenated alkanes) is 1. The van der Waals surface area contributed by atoms with E-state index < -0.39 is 0 Å². The van der Waals surface area contributed by atoms with E-state index in [0.29, 0.717) is 12.2 Å². The number of phenolic OH excluding ortho intramolecular Hbond substituents is 1. The van der Waals surface area contributed by atoms with Gasteiger partial charge in [-0.25, -0.2) is 0 Å². The molecular weight excluding hydrogens is 192 g/mol. The summed E-state index contributed by atoms with van der Waals surface area (Å²) in [5.41, 5.74) is 6.22. The van der Waals surface area contributed by atoms with Crippen LogP contribution in [0.25, 0.3) is 0 Å². The Morgan fingerprint density at radius 1 is 1.53 bits per heavy atom. The lowest BCUT2D eigenvalue weighted by molar-refractivity contribution is 0.0950. The van der Waals surface area contributed by atoms with Crippen molar-refractivity contribution >= 4 is 11.6 Å². The lowest BCUT2D eigenvalue weighted by Crippen LogP contribution is -2.24. The number of aromatic hydroxyl groups is 1. The van der Waals surface area contributed by atoms with Crippen LogP contribution in [0.15, 0.2) is 18.2 Å². The predicted octanol–water partition coefficient (Wildman–Crippen LogP) is 1.50. The molecule has 4 N–H and O–H groups in total. The number of nitrogens with two attached hydrogens (primary N) is 1. The van der Waals surface area contributed by atoms with Gasteiger partial charge in [-0.05, 0) is 24.6 Å². The fourth-order valence-electron chi connectivity index (χ4n) is 1.21. The third kappa shape index (κ3) is 3.16. The Hall–Kier alpha value is -1.71. The molecule has 82 valence electrons. The van der Waals surface area contributed by atoms with Crippen LogP contribution in [0.1, 0.15) is 30.1 Å². The third-order valence-corrected chi connectivity index (χ3v) is 2.08. The summed E-state index contributed by atoms with van der Waals surface area (Å²) in [6, 6.07) is 4.44. The van der Waals surface area contributed by atoms with Crippen LogP contribution < -0.4 is 11.1 Å². The number of rotatable bonds is 4. The second kappa shape index (κ2) is 5.24. The van der Waals surface area contributed by atoms with Crippen LogP contribution in [0.2, 0.25) is 0 Å². The van der Waals surface area contributed by atoms with Gasteiger partial charge in [0.05, 0.1) is 5.56 Å². The zero-order valence-corrected chi connectivity index (χ0v) is 8.79. The van der Waals surface area contributed by atoms with E-state index in [1.165, 1.54) is 12.1 Å². The van der Waals surface area contributed by atoms with E-state index in [9.17, 15) is 9.90 Å². The quantitative estimate of drug-likeness (QED) is 0.399. The molecule has 0 bridgehead atoms. The van der Waals surface area contributed by atoms with Crippen LogP contribution in [-0.4, -0.2) is 17.6 Å². The highest BCUT2D eigenvalue weighted by atomic mass is 16.3. The second-order valence-corrected chi connectivity index (χ2v) is 3.39. The Balaban J connectivity index is 2.68. The fraction of sp³-hybridized carbons (Fsp3) is 0.364. The van der Waals surface area contributed by atoms with Crippen molar-refractivity contribution in [3.8, 4) is 5.75 Å². The molecule has 1 amide bonds. The minimum Gasteiger partial charge on any atom is -0.507 e. The van der Waals surface area contributed by atoms with Crippen LogP contribution in [0.3, 0.4) is 0 Å². The molecule has 1 aromatic rings. The number of amides is 1. The maximum absolute atomic E-state index is 11.6. The van der Waals surface area contributed by atoms with E-state index in [0.717, 1.165) is 12.8 Å². The summed E-state index contributed by atoms with van der Waals surface area (Å²) in [6.07, 6.45) is 1.94. The zero-order chi connectivity index (χ0) is 11.3. The van der Waals surface area contributed by atoms with Gasteiger partial charge in [0.1, 0.15) is 5.75 Å². The molecule has 0 aromatic heterocycles. The Bertz CT molecular complexity index is 350. The number of hydrogen-bond acceptors (Lipinski definition) is 3. The van der Waals surface area contributed by atoms with Crippen LogP contribution >= 0.6 is 0 Å². The zero-order valence-electron chi connectivity index (χ0n) is 8.79. The first-order chi connectivity index (χ1) is 7.15. The summed E-state index contributed by atoms with van der Waals surface area (Å²) in [7, 11) is 0. The molecule has 1 rings (SSSR count). The third-order valence-electron chi connectivity index (χ3n) is 2.08. The van der Waals surface area contributed by atoms with Crippen molar-refractivity contribution in [1.82, 2.24) is 5.32 Å². The van der Waals surface area contributed by atoms with Crippen LogP contribution in [0.5, 0.6) is 5.75 Å². The number of phenols is 1. The number of benzene rings is 1. The highest BCUT2D eigenvalue weighted by Crippen LogP contribution is 2.19. The average molecular weight is 208 g/mol. The van der Waals surface area contributed by atoms with E-state index in [4.69, 9.17) is 5.73 Å². The molecule has 0 saturated heterocycles. The number of carbonyl (C=O) groups is 1. The fourth-order valence-corrected chi connectivity index (χ4v) is 1.21. The van der Waals surface area contributed by atoms with Gasteiger partial charge in [-0.1, -0.05) is 13.3 Å². The number of hydrogen-bond donors (Lipinski definition) is 3. The first-order valence-corrected chi connectivity index (χ1v) is 5.02. The lowest BCUT2D eigenvalue weighted by Gasteiger charge is -2.06. The topological polar surface area (TPSA) is 75.4 Å². The Labute approximate surface area is 89.1 Å². The van der Waals surface area contributed by atoms with Crippen LogP contribution in [0, 0.1) is 0 Å². The van der Waals surface area contributed by atoms with Gasteiger partial charge in [0, 0.05) is 12.2 Å². The van der Waals surface area contributed by atoms with Crippen molar-refractivity contribution in [3.05, 3.63) is 23.8 Å². The monoisotopic (exact) mass is 208 g/mol. The van der Waals surface area contributed by atoms with Gasteiger partial charge >= 0.3 is 0 Å². The van der Waals surface area contributed by atoms with Crippen molar-refractivity contribution in [1.29, 1.82) is 0 Å². The maximum atomic E-state index is 11.6. The molecule has 1 aromatic carbocycles. The summed E-state index contributed by atoms with van der Waals surface area (Å²) in [5.74, 6) is -0.327. The summed E-state index contributed by atoms with van der Waals surface area (Å²) in [5, 5.41) is 12.2. The number of nitrogens with one attached hydrogen (secondary N) is 1. The molecule has 4 heteroatoms. The van der Waals surface area contributed by atoms with Crippen molar-refractivity contribution < 1.29 is 9.90 Å². The molecule has 0 heterocycles. The Morgan fingerprint density at radius 2 is 2.27 bits per heavy atom. The van der Waals surface area contributed by atoms with E-state index in [-0.39, 0.29) is 17.2 Å².